The van der Waals surface area contributed by atoms with Gasteiger partial charge >= 0.3 is 6.18 Å². The Balaban J connectivity index is 2.28. The maximum Gasteiger partial charge on any atom is 0.416 e. The first-order valence-corrected chi connectivity index (χ1v) is 5.96. The van der Waals surface area contributed by atoms with Crippen LogP contribution in [-0.4, -0.2) is 12.2 Å². The zero-order valence-electron chi connectivity index (χ0n) is 10.8. The van der Waals surface area contributed by atoms with Gasteiger partial charge in [0.15, 0.2) is 0 Å². The summed E-state index contributed by atoms with van der Waals surface area (Å²) >= 11 is 0. The fraction of sp³-hybridized carbons (Fsp3) is 0.286. The van der Waals surface area contributed by atoms with Crippen LogP contribution >= 0.6 is 0 Å². The fourth-order valence-corrected chi connectivity index (χ4v) is 1.93. The van der Waals surface area contributed by atoms with Crippen molar-refractivity contribution in [3.63, 3.8) is 0 Å². The number of hydrogen-bond donors (Lipinski definition) is 1. The number of nitrogens with zero attached hydrogens (tertiary/aromatic N) is 1. The van der Waals surface area contributed by atoms with E-state index >= 15 is 0 Å². The van der Waals surface area contributed by atoms with Crippen molar-refractivity contribution < 1.29 is 22.7 Å². The number of aliphatic hydroxyl groups excluding tert-OH is 1. The van der Waals surface area contributed by atoms with E-state index in [2.05, 4.69) is 0 Å². The van der Waals surface area contributed by atoms with Crippen molar-refractivity contribution >= 4 is 5.69 Å². The van der Waals surface area contributed by atoms with Gasteiger partial charge in [-0.25, -0.2) is 0 Å². The molecule has 0 spiro atoms. The summed E-state index contributed by atoms with van der Waals surface area (Å²) in [6.45, 7) is -0.278. The summed E-state index contributed by atoms with van der Waals surface area (Å²) in [5, 5.41) is 8.99. The average molecular weight is 285 g/mol. The Morgan fingerprint density at radius 1 is 1.25 bits per heavy atom. The Morgan fingerprint density at radius 3 is 2.55 bits per heavy atom. The summed E-state index contributed by atoms with van der Waals surface area (Å²) in [5.41, 5.74) is -0.539. The van der Waals surface area contributed by atoms with E-state index in [4.69, 9.17) is 9.52 Å². The van der Waals surface area contributed by atoms with Crippen LogP contribution in [0.2, 0.25) is 0 Å². The molecule has 20 heavy (non-hydrogen) atoms. The molecule has 2 rings (SSSR count). The smallest absolute Gasteiger partial charge is 0.416 e. The van der Waals surface area contributed by atoms with Crippen LogP contribution in [0.15, 0.2) is 41.0 Å². The van der Waals surface area contributed by atoms with Gasteiger partial charge in [-0.15, -0.1) is 0 Å². The molecule has 1 N–H and O–H groups in total. The summed E-state index contributed by atoms with van der Waals surface area (Å²) < 4.78 is 43.9. The molecule has 0 unspecified atom stereocenters. The van der Waals surface area contributed by atoms with Crippen LogP contribution in [0, 0.1) is 0 Å². The number of hydrogen-bond acceptors (Lipinski definition) is 3. The number of halogens is 3. The van der Waals surface area contributed by atoms with Crippen molar-refractivity contribution in [3.8, 4) is 0 Å². The van der Waals surface area contributed by atoms with E-state index in [9.17, 15) is 13.2 Å². The molecule has 3 nitrogen and oxygen atoms in total. The third-order valence-electron chi connectivity index (χ3n) is 2.98. The minimum Gasteiger partial charge on any atom is -0.467 e. The zero-order chi connectivity index (χ0) is 14.8. The van der Waals surface area contributed by atoms with E-state index in [1.807, 2.05) is 0 Å². The van der Waals surface area contributed by atoms with Gasteiger partial charge in [0.05, 0.1) is 25.0 Å². The Morgan fingerprint density at radius 2 is 2.00 bits per heavy atom. The van der Waals surface area contributed by atoms with Crippen molar-refractivity contribution in [1.29, 1.82) is 0 Å². The molecule has 0 saturated heterocycles. The molecule has 0 bridgehead atoms. The van der Waals surface area contributed by atoms with Crippen molar-refractivity contribution in [1.82, 2.24) is 0 Å². The van der Waals surface area contributed by atoms with Crippen LogP contribution in [0.4, 0.5) is 18.9 Å². The van der Waals surface area contributed by atoms with E-state index in [0.717, 1.165) is 6.07 Å². The first-order valence-electron chi connectivity index (χ1n) is 5.96. The molecule has 0 amide bonds. The third kappa shape index (κ3) is 3.14. The van der Waals surface area contributed by atoms with E-state index < -0.39 is 18.3 Å². The van der Waals surface area contributed by atoms with Crippen molar-refractivity contribution in [2.45, 2.75) is 19.3 Å². The second-order valence-corrected chi connectivity index (χ2v) is 4.43. The van der Waals surface area contributed by atoms with Gasteiger partial charge < -0.3 is 14.4 Å². The van der Waals surface area contributed by atoms with Gasteiger partial charge in [-0.2, -0.15) is 13.2 Å². The molecule has 0 atom stereocenters. The maximum atomic E-state index is 12.9. The third-order valence-corrected chi connectivity index (χ3v) is 2.98. The normalized spacial score (nSPS) is 11.7. The molecule has 0 fully saturated rings. The highest BCUT2D eigenvalue weighted by Crippen LogP contribution is 2.34. The fourth-order valence-electron chi connectivity index (χ4n) is 1.93. The Labute approximate surface area is 114 Å². The largest absolute Gasteiger partial charge is 0.467 e. The van der Waals surface area contributed by atoms with Gasteiger partial charge in [-0.05, 0) is 29.8 Å². The summed E-state index contributed by atoms with van der Waals surface area (Å²) in [7, 11) is 1.68. The van der Waals surface area contributed by atoms with Gasteiger partial charge in [0.1, 0.15) is 5.76 Å². The highest BCUT2D eigenvalue weighted by atomic mass is 19.4. The lowest BCUT2D eigenvalue weighted by atomic mass is 10.1. The molecule has 0 aliphatic rings. The molecule has 1 aromatic heterocycles. The van der Waals surface area contributed by atoms with Gasteiger partial charge in [0.25, 0.3) is 0 Å². The van der Waals surface area contributed by atoms with Gasteiger partial charge in [0, 0.05) is 12.7 Å². The topological polar surface area (TPSA) is 36.6 Å². The number of furan rings is 1. The van der Waals surface area contributed by atoms with Gasteiger partial charge in [-0.1, -0.05) is 6.07 Å². The van der Waals surface area contributed by atoms with Crippen molar-refractivity contribution in [2.24, 2.45) is 0 Å². The molecule has 0 radical (unpaired) electrons. The highest BCUT2D eigenvalue weighted by Gasteiger charge is 2.33. The molecule has 0 aliphatic heterocycles. The van der Waals surface area contributed by atoms with Crippen LogP contribution in [0.25, 0.3) is 0 Å². The Bertz CT molecular complexity index is 564. The number of aliphatic hydroxyl groups is 1. The maximum absolute atomic E-state index is 12.9. The van der Waals surface area contributed by atoms with Crippen LogP contribution in [0.3, 0.4) is 0 Å². The molecular weight excluding hydrogens is 271 g/mol. The molecule has 108 valence electrons. The molecule has 0 aliphatic carbocycles. The lowest BCUT2D eigenvalue weighted by Crippen LogP contribution is -2.18. The second kappa shape index (κ2) is 5.58. The number of alkyl halides is 3. The molecular formula is C14H14F3NO2. The van der Waals surface area contributed by atoms with Crippen LogP contribution in [0.1, 0.15) is 16.9 Å². The summed E-state index contributed by atoms with van der Waals surface area (Å²) in [5.74, 6) is 0.660. The number of anilines is 1. The predicted octanol–water partition coefficient (Wildman–Crippen LogP) is 3.43. The average Bonchev–Trinajstić information content (AvgIpc) is 2.89. The van der Waals surface area contributed by atoms with Gasteiger partial charge in [0.2, 0.25) is 0 Å². The SMILES string of the molecule is CN(Cc1ccco1)c1ccc(CO)c(C(F)(F)F)c1. The number of benzene rings is 1. The standard InChI is InChI=1S/C14H14F3NO2/c1-18(8-12-3-2-6-20-12)11-5-4-10(9-19)13(7-11)14(15,16)17/h2-7,19H,8-9H2,1H3. The van der Waals surface area contributed by atoms with E-state index in [-0.39, 0.29) is 5.56 Å². The predicted molar refractivity (Wildman–Crippen MR) is 68.2 cm³/mol. The Hall–Kier alpha value is -1.95. The van der Waals surface area contributed by atoms with Gasteiger partial charge in [-0.3, -0.25) is 0 Å². The van der Waals surface area contributed by atoms with Crippen LogP contribution in [-0.2, 0) is 19.3 Å². The first kappa shape index (κ1) is 14.5. The molecule has 1 aromatic carbocycles. The zero-order valence-corrected chi connectivity index (χ0v) is 10.8. The van der Waals surface area contributed by atoms with E-state index in [0.29, 0.717) is 18.0 Å². The molecule has 6 heteroatoms. The van der Waals surface area contributed by atoms with E-state index in [1.54, 1.807) is 30.1 Å². The van der Waals surface area contributed by atoms with Crippen molar-refractivity contribution in [2.75, 3.05) is 11.9 Å². The summed E-state index contributed by atoms with van der Waals surface area (Å²) in [6.07, 6.45) is -2.97. The minimum absolute atomic E-state index is 0.132. The molecule has 2 aromatic rings. The van der Waals surface area contributed by atoms with Crippen LogP contribution in [0.5, 0.6) is 0 Å². The lowest BCUT2D eigenvalue weighted by molar-refractivity contribution is -0.138. The molecule has 1 heterocycles. The lowest BCUT2D eigenvalue weighted by Gasteiger charge is -2.20. The van der Waals surface area contributed by atoms with Crippen molar-refractivity contribution in [3.05, 3.63) is 53.5 Å². The monoisotopic (exact) mass is 285 g/mol. The quantitative estimate of drug-likeness (QED) is 0.935. The van der Waals surface area contributed by atoms with Crippen LogP contribution < -0.4 is 4.90 Å². The summed E-state index contributed by atoms with van der Waals surface area (Å²) in [6, 6.07) is 7.34. The Kier molecular flexibility index (Phi) is 4.04. The highest BCUT2D eigenvalue weighted by molar-refractivity contribution is 5.51. The second-order valence-electron chi connectivity index (χ2n) is 4.43. The first-order chi connectivity index (χ1) is 9.41. The molecule has 0 saturated carbocycles. The minimum atomic E-state index is -4.49. The van der Waals surface area contributed by atoms with E-state index in [1.165, 1.54) is 12.3 Å². The number of rotatable bonds is 4. The summed E-state index contributed by atoms with van der Waals surface area (Å²) in [4.78, 5) is 1.65.